The van der Waals surface area contributed by atoms with Crippen LogP contribution in [0.25, 0.3) is 0 Å². The minimum absolute atomic E-state index is 0.0220. The van der Waals surface area contributed by atoms with Gasteiger partial charge in [-0.3, -0.25) is 4.99 Å². The lowest BCUT2D eigenvalue weighted by atomic mass is 9.90. The van der Waals surface area contributed by atoms with Gasteiger partial charge in [-0.15, -0.1) is 6.58 Å². The Balaban J connectivity index is 2.18. The molecule has 0 aromatic carbocycles. The Morgan fingerprint density at radius 3 is 3.07 bits per heavy atom. The van der Waals surface area contributed by atoms with Crippen LogP contribution < -0.4 is 5.73 Å². The first-order valence-electron chi connectivity index (χ1n) is 4.59. The molecular formula is C9H14N2O2S. The summed E-state index contributed by atoms with van der Waals surface area (Å²) in [6.45, 7) is 5.60. The second kappa shape index (κ2) is 3.56. The Morgan fingerprint density at radius 1 is 1.71 bits per heavy atom. The van der Waals surface area contributed by atoms with Crippen molar-refractivity contribution in [2.24, 2.45) is 16.6 Å². The monoisotopic (exact) mass is 214 g/mol. The summed E-state index contributed by atoms with van der Waals surface area (Å²) in [6, 6.07) is -0.0220. The van der Waals surface area contributed by atoms with E-state index in [4.69, 9.17) is 10.5 Å². The average Bonchev–Trinajstić information content (AvgIpc) is 2.52. The lowest BCUT2D eigenvalue weighted by molar-refractivity contribution is -0.0981. The van der Waals surface area contributed by atoms with Crippen molar-refractivity contribution in [2.45, 2.75) is 30.6 Å². The van der Waals surface area contributed by atoms with Gasteiger partial charge >= 0.3 is 0 Å². The molecule has 1 fully saturated rings. The third-order valence-electron chi connectivity index (χ3n) is 2.73. The van der Waals surface area contributed by atoms with Gasteiger partial charge in [0, 0.05) is 5.92 Å². The van der Waals surface area contributed by atoms with E-state index in [0.717, 1.165) is 0 Å². The Morgan fingerprint density at radius 2 is 2.43 bits per heavy atom. The van der Waals surface area contributed by atoms with Crippen LogP contribution in [0, 0.1) is 5.92 Å². The summed E-state index contributed by atoms with van der Waals surface area (Å²) in [7, 11) is 0. The fourth-order valence-corrected chi connectivity index (χ4v) is 2.88. The number of hydrogen-bond donors (Lipinski definition) is 2. The number of hydrogen-bond acceptors (Lipinski definition) is 5. The Labute approximate surface area is 87.2 Å². The maximum absolute atomic E-state index is 9.86. The van der Waals surface area contributed by atoms with Crippen molar-refractivity contribution >= 4 is 16.9 Å². The third-order valence-corrected chi connectivity index (χ3v) is 3.70. The Hall–Kier alpha value is -0.520. The van der Waals surface area contributed by atoms with Crippen molar-refractivity contribution in [3.8, 4) is 0 Å². The second-order valence-electron chi connectivity index (χ2n) is 3.63. The SMILES string of the molecule is C=C[C@H]1O[C@@H]2SC(N)=N[C@@H]2[C@@H](C)[C@@H]1O. The summed E-state index contributed by atoms with van der Waals surface area (Å²) < 4.78 is 5.61. The van der Waals surface area contributed by atoms with Gasteiger partial charge in [0.15, 0.2) is 5.17 Å². The van der Waals surface area contributed by atoms with E-state index in [1.54, 1.807) is 6.08 Å². The number of ether oxygens (including phenoxy) is 1. The normalized spacial score (nSPS) is 47.0. The lowest BCUT2D eigenvalue weighted by Crippen LogP contribution is -2.49. The van der Waals surface area contributed by atoms with Gasteiger partial charge in [0.05, 0.1) is 12.1 Å². The molecule has 0 spiro atoms. The number of rotatable bonds is 1. The van der Waals surface area contributed by atoms with E-state index >= 15 is 0 Å². The van der Waals surface area contributed by atoms with E-state index < -0.39 is 6.10 Å². The number of amidine groups is 1. The van der Waals surface area contributed by atoms with Gasteiger partial charge in [-0.25, -0.2) is 0 Å². The highest BCUT2D eigenvalue weighted by Gasteiger charge is 2.45. The number of aliphatic imine (C=N–C) groups is 1. The highest BCUT2D eigenvalue weighted by atomic mass is 32.2. The van der Waals surface area contributed by atoms with Gasteiger partial charge in [0.25, 0.3) is 0 Å². The molecule has 2 aliphatic rings. The molecule has 0 unspecified atom stereocenters. The first-order chi connectivity index (χ1) is 6.63. The molecule has 2 heterocycles. The maximum atomic E-state index is 9.86. The van der Waals surface area contributed by atoms with E-state index in [1.165, 1.54) is 11.8 Å². The van der Waals surface area contributed by atoms with Gasteiger partial charge in [0.1, 0.15) is 11.5 Å². The summed E-state index contributed by atoms with van der Waals surface area (Å²) in [5.41, 5.74) is 5.56. The molecule has 0 aliphatic carbocycles. The molecule has 4 nitrogen and oxygen atoms in total. The van der Waals surface area contributed by atoms with E-state index in [-0.39, 0.29) is 23.5 Å². The molecule has 0 saturated carbocycles. The van der Waals surface area contributed by atoms with Crippen molar-refractivity contribution in [3.05, 3.63) is 12.7 Å². The fourth-order valence-electron chi connectivity index (χ4n) is 1.83. The van der Waals surface area contributed by atoms with Crippen LogP contribution in [0.15, 0.2) is 17.6 Å². The molecule has 0 amide bonds. The average molecular weight is 214 g/mol. The number of fused-ring (bicyclic) bond motifs is 1. The summed E-state index contributed by atoms with van der Waals surface area (Å²) in [5, 5.41) is 10.4. The molecule has 2 aliphatic heterocycles. The predicted molar refractivity (Wildman–Crippen MR) is 57.0 cm³/mol. The number of thioether (sulfide) groups is 1. The minimum atomic E-state index is -0.538. The van der Waals surface area contributed by atoms with Crippen LogP contribution in [0.1, 0.15) is 6.92 Å². The molecule has 78 valence electrons. The van der Waals surface area contributed by atoms with Crippen molar-refractivity contribution in [1.82, 2.24) is 0 Å². The number of aliphatic hydroxyl groups excluding tert-OH is 1. The smallest absolute Gasteiger partial charge is 0.156 e. The number of aliphatic hydroxyl groups is 1. The first kappa shape index (κ1) is 10.0. The summed E-state index contributed by atoms with van der Waals surface area (Å²) in [5.74, 6) is 0.0605. The van der Waals surface area contributed by atoms with Crippen LogP contribution >= 0.6 is 11.8 Å². The van der Waals surface area contributed by atoms with Gasteiger partial charge in [-0.1, -0.05) is 24.8 Å². The van der Waals surface area contributed by atoms with Crippen molar-refractivity contribution in [2.75, 3.05) is 0 Å². The third kappa shape index (κ3) is 1.45. The zero-order valence-corrected chi connectivity index (χ0v) is 8.78. The van der Waals surface area contributed by atoms with Gasteiger partial charge in [-0.2, -0.15) is 0 Å². The topological polar surface area (TPSA) is 67.8 Å². The highest BCUT2D eigenvalue weighted by Crippen LogP contribution is 2.38. The maximum Gasteiger partial charge on any atom is 0.156 e. The largest absolute Gasteiger partial charge is 0.390 e. The molecule has 2 rings (SSSR count). The summed E-state index contributed by atoms with van der Waals surface area (Å²) in [4.78, 5) is 4.25. The van der Waals surface area contributed by atoms with Crippen LogP contribution in [0.2, 0.25) is 0 Å². The Bertz CT molecular complexity index is 282. The molecular weight excluding hydrogens is 200 g/mol. The van der Waals surface area contributed by atoms with E-state index in [2.05, 4.69) is 11.6 Å². The van der Waals surface area contributed by atoms with Gasteiger partial charge in [0.2, 0.25) is 0 Å². The number of nitrogens with two attached hydrogens (primary N) is 1. The summed E-state index contributed by atoms with van der Waals surface area (Å²) >= 11 is 1.42. The molecule has 5 atom stereocenters. The lowest BCUT2D eigenvalue weighted by Gasteiger charge is -2.37. The van der Waals surface area contributed by atoms with E-state index in [1.807, 2.05) is 6.92 Å². The highest BCUT2D eigenvalue weighted by molar-refractivity contribution is 8.14. The quantitative estimate of drug-likeness (QED) is 0.617. The summed E-state index contributed by atoms with van der Waals surface area (Å²) in [6.07, 6.45) is 0.788. The predicted octanol–water partition coefficient (Wildman–Crippen LogP) is 0.324. The Kier molecular flexibility index (Phi) is 2.55. The zero-order chi connectivity index (χ0) is 10.3. The van der Waals surface area contributed by atoms with Crippen LogP contribution in [-0.4, -0.2) is 34.0 Å². The minimum Gasteiger partial charge on any atom is -0.390 e. The first-order valence-corrected chi connectivity index (χ1v) is 5.47. The zero-order valence-electron chi connectivity index (χ0n) is 7.96. The van der Waals surface area contributed by atoms with Crippen molar-refractivity contribution in [1.29, 1.82) is 0 Å². The van der Waals surface area contributed by atoms with Crippen molar-refractivity contribution < 1.29 is 9.84 Å². The fraction of sp³-hybridized carbons (Fsp3) is 0.667. The molecule has 0 aromatic heterocycles. The molecule has 0 aromatic rings. The molecule has 14 heavy (non-hydrogen) atoms. The van der Waals surface area contributed by atoms with Crippen LogP contribution in [0.3, 0.4) is 0 Å². The second-order valence-corrected chi connectivity index (χ2v) is 4.75. The molecule has 0 radical (unpaired) electrons. The molecule has 1 saturated heterocycles. The standard InChI is InChI=1S/C9H14N2O2S/c1-3-5-7(12)4(2)6-8(13-5)14-9(10)11-6/h3-8,12H,1H2,2H3,(H2,10,11)/t4-,5-,6-,7+,8-/m1/s1. The number of nitrogens with zero attached hydrogens (tertiary/aromatic N) is 1. The van der Waals surface area contributed by atoms with Crippen LogP contribution in [-0.2, 0) is 4.74 Å². The van der Waals surface area contributed by atoms with E-state index in [0.29, 0.717) is 5.17 Å². The van der Waals surface area contributed by atoms with Gasteiger partial charge < -0.3 is 15.6 Å². The van der Waals surface area contributed by atoms with Crippen LogP contribution in [0.4, 0.5) is 0 Å². The van der Waals surface area contributed by atoms with Crippen LogP contribution in [0.5, 0.6) is 0 Å². The molecule has 5 heteroatoms. The molecule has 0 bridgehead atoms. The molecule has 3 N–H and O–H groups in total. The van der Waals surface area contributed by atoms with Gasteiger partial charge in [-0.05, 0) is 0 Å². The van der Waals surface area contributed by atoms with E-state index in [9.17, 15) is 5.11 Å². The van der Waals surface area contributed by atoms with Crippen molar-refractivity contribution in [3.63, 3.8) is 0 Å².